The van der Waals surface area contributed by atoms with Crippen molar-refractivity contribution in [3.63, 3.8) is 0 Å². The number of benzene rings is 2. The zero-order valence-electron chi connectivity index (χ0n) is 22.5. The van der Waals surface area contributed by atoms with Crippen LogP contribution in [0.5, 0.6) is 11.5 Å². The minimum atomic E-state index is -0.990. The van der Waals surface area contributed by atoms with Gasteiger partial charge in [0, 0.05) is 51.3 Å². The van der Waals surface area contributed by atoms with E-state index in [1.807, 2.05) is 36.4 Å². The van der Waals surface area contributed by atoms with Crippen molar-refractivity contribution < 1.29 is 29.0 Å². The topological polar surface area (TPSA) is 93.1 Å². The number of aliphatic carboxylic acids is 1. The molecule has 0 unspecified atom stereocenters. The number of rotatable bonds is 9. The number of carboxylic acid groups (broad SMARTS) is 1. The molecule has 8 heteroatoms. The standard InChI is InChI=1S/C32H32BrNO6/c1-3-6-20-15-21(16-27(39-2)32(20)40-18-19-11-13-22(33)14-12-19)29-30-23(7-4-9-25(30)35)34(17-28(37)38)24-8-5-10-26(36)31(24)29/h3,11-16,29H,1,4-10,17-18H2,2H3,(H,37,38). The maximum Gasteiger partial charge on any atom is 0.323 e. The van der Waals surface area contributed by atoms with Gasteiger partial charge in [-0.2, -0.15) is 0 Å². The number of carbonyl (C=O) groups excluding carboxylic acids is 2. The number of nitrogens with zero attached hydrogens (tertiary/aromatic N) is 1. The van der Waals surface area contributed by atoms with Gasteiger partial charge in [-0.25, -0.2) is 0 Å². The molecule has 0 amide bonds. The van der Waals surface area contributed by atoms with Crippen molar-refractivity contribution in [2.24, 2.45) is 0 Å². The highest BCUT2D eigenvalue weighted by Gasteiger charge is 2.44. The van der Waals surface area contributed by atoms with Crippen molar-refractivity contribution in [1.82, 2.24) is 4.90 Å². The van der Waals surface area contributed by atoms with Gasteiger partial charge in [0.2, 0.25) is 0 Å². The van der Waals surface area contributed by atoms with E-state index in [1.54, 1.807) is 18.1 Å². The summed E-state index contributed by atoms with van der Waals surface area (Å²) in [5, 5.41) is 9.70. The van der Waals surface area contributed by atoms with Crippen LogP contribution in [0.1, 0.15) is 61.1 Å². The van der Waals surface area contributed by atoms with Crippen LogP contribution in [0.2, 0.25) is 0 Å². The lowest BCUT2D eigenvalue weighted by Crippen LogP contribution is -2.41. The number of carboxylic acids is 1. The summed E-state index contributed by atoms with van der Waals surface area (Å²) in [5.41, 5.74) is 5.15. The van der Waals surface area contributed by atoms with E-state index in [1.165, 1.54) is 0 Å². The highest BCUT2D eigenvalue weighted by molar-refractivity contribution is 9.10. The summed E-state index contributed by atoms with van der Waals surface area (Å²) in [6.07, 6.45) is 5.54. The fourth-order valence-corrected chi connectivity index (χ4v) is 6.35. The van der Waals surface area contributed by atoms with Crippen LogP contribution in [0.3, 0.4) is 0 Å². The molecule has 1 heterocycles. The van der Waals surface area contributed by atoms with Crippen LogP contribution < -0.4 is 9.47 Å². The molecule has 2 aliphatic carbocycles. The van der Waals surface area contributed by atoms with Gasteiger partial charge in [0.1, 0.15) is 13.2 Å². The first-order valence-corrected chi connectivity index (χ1v) is 14.3. The molecule has 2 aromatic rings. The van der Waals surface area contributed by atoms with E-state index >= 15 is 0 Å². The van der Waals surface area contributed by atoms with Crippen molar-refractivity contribution in [2.75, 3.05) is 13.7 Å². The van der Waals surface area contributed by atoms with Crippen LogP contribution in [-0.4, -0.2) is 41.2 Å². The molecule has 0 spiro atoms. The molecule has 1 N–H and O–H groups in total. The third kappa shape index (κ3) is 5.37. The summed E-state index contributed by atoms with van der Waals surface area (Å²) < 4.78 is 13.1. The molecule has 0 atom stereocenters. The zero-order valence-corrected chi connectivity index (χ0v) is 24.1. The Kier molecular flexibility index (Phi) is 8.26. The molecule has 208 valence electrons. The van der Waals surface area contributed by atoms with E-state index in [0.29, 0.717) is 74.2 Å². The lowest BCUT2D eigenvalue weighted by atomic mass is 9.70. The SMILES string of the molecule is C=CCc1cc(C2C3=C(CCCC3=O)N(CC(=O)O)C3=C2C(=O)CCC3)cc(OC)c1OCc1ccc(Br)cc1. The van der Waals surface area contributed by atoms with Crippen molar-refractivity contribution in [2.45, 2.75) is 57.5 Å². The molecule has 40 heavy (non-hydrogen) atoms. The molecule has 0 bridgehead atoms. The van der Waals surface area contributed by atoms with E-state index < -0.39 is 11.9 Å². The first-order chi connectivity index (χ1) is 19.3. The average Bonchev–Trinajstić information content (AvgIpc) is 2.93. The Morgan fingerprint density at radius 2 is 1.68 bits per heavy atom. The van der Waals surface area contributed by atoms with Crippen molar-refractivity contribution in [3.8, 4) is 11.5 Å². The van der Waals surface area contributed by atoms with E-state index in [9.17, 15) is 19.5 Å². The van der Waals surface area contributed by atoms with Crippen molar-refractivity contribution in [3.05, 3.63) is 92.8 Å². The Hall–Kier alpha value is -3.65. The lowest BCUT2D eigenvalue weighted by Gasteiger charge is -2.43. The second kappa shape index (κ2) is 11.8. The number of ether oxygens (including phenoxy) is 2. The molecule has 0 radical (unpaired) electrons. The molecular formula is C32H32BrNO6. The van der Waals surface area contributed by atoms with Crippen LogP contribution in [0.4, 0.5) is 0 Å². The molecule has 0 saturated carbocycles. The molecule has 2 aromatic carbocycles. The molecule has 0 aromatic heterocycles. The van der Waals surface area contributed by atoms with Gasteiger partial charge < -0.3 is 19.5 Å². The Labute approximate surface area is 242 Å². The minimum absolute atomic E-state index is 0.0358. The van der Waals surface area contributed by atoms with E-state index in [-0.39, 0.29) is 18.1 Å². The normalized spacial score (nSPS) is 17.5. The van der Waals surface area contributed by atoms with E-state index in [2.05, 4.69) is 22.5 Å². The fraction of sp³-hybridized carbons (Fsp3) is 0.344. The minimum Gasteiger partial charge on any atom is -0.493 e. The number of halogens is 1. The Morgan fingerprint density at radius 3 is 2.23 bits per heavy atom. The second-order valence-corrected chi connectivity index (χ2v) is 11.2. The monoisotopic (exact) mass is 605 g/mol. The zero-order chi connectivity index (χ0) is 28.4. The summed E-state index contributed by atoms with van der Waals surface area (Å²) >= 11 is 3.46. The third-order valence-electron chi connectivity index (χ3n) is 7.75. The first kappa shape index (κ1) is 27.9. The number of hydrogen-bond donors (Lipinski definition) is 1. The number of methoxy groups -OCH3 is 1. The Balaban J connectivity index is 1.64. The molecular weight excluding hydrogens is 574 g/mol. The van der Waals surface area contributed by atoms with Crippen LogP contribution in [0, 0.1) is 0 Å². The quantitative estimate of drug-likeness (QED) is 0.337. The predicted molar refractivity (Wildman–Crippen MR) is 154 cm³/mol. The summed E-state index contributed by atoms with van der Waals surface area (Å²) in [7, 11) is 1.58. The molecule has 5 rings (SSSR count). The molecule has 3 aliphatic rings. The van der Waals surface area contributed by atoms with E-state index in [0.717, 1.165) is 32.6 Å². The third-order valence-corrected chi connectivity index (χ3v) is 8.28. The van der Waals surface area contributed by atoms with Crippen LogP contribution >= 0.6 is 15.9 Å². The highest BCUT2D eigenvalue weighted by atomic mass is 79.9. The molecule has 0 saturated heterocycles. The number of Topliss-reactive ketones (excluding diaryl/α,β-unsaturated/α-hetero) is 2. The smallest absolute Gasteiger partial charge is 0.323 e. The van der Waals surface area contributed by atoms with Gasteiger partial charge in [0.05, 0.1) is 7.11 Å². The summed E-state index contributed by atoms with van der Waals surface area (Å²) in [5.74, 6) is -0.539. The maximum atomic E-state index is 13.5. The summed E-state index contributed by atoms with van der Waals surface area (Å²) in [4.78, 5) is 40.6. The fourth-order valence-electron chi connectivity index (χ4n) is 6.08. The van der Waals surface area contributed by atoms with Crippen molar-refractivity contribution >= 4 is 33.5 Å². The van der Waals surface area contributed by atoms with Crippen LogP contribution in [-0.2, 0) is 27.4 Å². The average molecular weight is 607 g/mol. The number of hydrogen-bond acceptors (Lipinski definition) is 6. The lowest BCUT2D eigenvalue weighted by molar-refractivity contribution is -0.138. The Bertz CT molecular complexity index is 1390. The van der Waals surface area contributed by atoms with Crippen LogP contribution in [0.15, 0.2) is 76.1 Å². The number of ketones is 2. The predicted octanol–water partition coefficient (Wildman–Crippen LogP) is 6.26. The van der Waals surface area contributed by atoms with E-state index in [4.69, 9.17) is 9.47 Å². The van der Waals surface area contributed by atoms with Crippen LogP contribution in [0.25, 0.3) is 0 Å². The molecule has 1 aliphatic heterocycles. The Morgan fingerprint density at radius 1 is 1.05 bits per heavy atom. The number of allylic oxidation sites excluding steroid dienone is 5. The van der Waals surface area contributed by atoms with Gasteiger partial charge in [0.25, 0.3) is 0 Å². The van der Waals surface area contributed by atoms with Gasteiger partial charge in [-0.3, -0.25) is 14.4 Å². The summed E-state index contributed by atoms with van der Waals surface area (Å²) in [6, 6.07) is 11.7. The molecule has 7 nitrogen and oxygen atoms in total. The highest BCUT2D eigenvalue weighted by Crippen LogP contribution is 2.50. The maximum absolute atomic E-state index is 13.5. The second-order valence-electron chi connectivity index (χ2n) is 10.3. The molecule has 0 fully saturated rings. The first-order valence-electron chi connectivity index (χ1n) is 13.5. The van der Waals surface area contributed by atoms with Gasteiger partial charge in [-0.05, 0) is 61.4 Å². The van der Waals surface area contributed by atoms with Gasteiger partial charge in [0.15, 0.2) is 23.1 Å². The number of carbonyl (C=O) groups is 3. The largest absolute Gasteiger partial charge is 0.493 e. The van der Waals surface area contributed by atoms with Gasteiger partial charge >= 0.3 is 5.97 Å². The van der Waals surface area contributed by atoms with Crippen molar-refractivity contribution in [1.29, 1.82) is 0 Å². The van der Waals surface area contributed by atoms with Gasteiger partial charge in [-0.15, -0.1) is 6.58 Å². The van der Waals surface area contributed by atoms with Gasteiger partial charge in [-0.1, -0.05) is 40.2 Å². The summed E-state index contributed by atoms with van der Waals surface area (Å²) in [6.45, 7) is 4.00.